The van der Waals surface area contributed by atoms with Gasteiger partial charge in [-0.25, -0.2) is 0 Å². The van der Waals surface area contributed by atoms with Crippen LogP contribution in [0.1, 0.15) is 32.1 Å². The molecule has 78 valence electrons. The van der Waals surface area contributed by atoms with E-state index < -0.39 is 5.97 Å². The second-order valence-electron chi connectivity index (χ2n) is 3.10. The normalized spacial score (nSPS) is 10.2. The number of hydrogen-bond donors (Lipinski definition) is 3. The molecule has 0 radical (unpaired) electrons. The molecule has 0 aromatic heterocycles. The quantitative estimate of drug-likeness (QED) is 0.462. The van der Waals surface area contributed by atoms with Crippen molar-refractivity contribution < 1.29 is 9.90 Å². The van der Waals surface area contributed by atoms with Crippen molar-refractivity contribution in [1.29, 1.82) is 0 Å². The van der Waals surface area contributed by atoms with Gasteiger partial charge in [0.1, 0.15) is 0 Å². The zero-order valence-electron chi connectivity index (χ0n) is 8.09. The molecule has 0 bridgehead atoms. The molecule has 4 nitrogen and oxygen atoms in total. The number of nitrogens with one attached hydrogen (secondary N) is 1. The molecule has 0 unspecified atom stereocenters. The van der Waals surface area contributed by atoms with E-state index in [1.54, 1.807) is 0 Å². The van der Waals surface area contributed by atoms with Gasteiger partial charge in [0, 0.05) is 6.42 Å². The van der Waals surface area contributed by atoms with Gasteiger partial charge in [0.25, 0.3) is 0 Å². The molecule has 0 saturated heterocycles. The number of rotatable bonds is 9. The molecule has 13 heavy (non-hydrogen) atoms. The van der Waals surface area contributed by atoms with Gasteiger partial charge in [-0.05, 0) is 45.3 Å². The molecule has 0 aromatic rings. The summed E-state index contributed by atoms with van der Waals surface area (Å²) in [5.41, 5.74) is 5.33. The van der Waals surface area contributed by atoms with Gasteiger partial charge in [-0.15, -0.1) is 0 Å². The predicted octanol–water partition coefficient (Wildman–Crippen LogP) is 0.570. The fourth-order valence-corrected chi connectivity index (χ4v) is 1.05. The second-order valence-corrected chi connectivity index (χ2v) is 3.10. The average molecular weight is 188 g/mol. The fourth-order valence-electron chi connectivity index (χ4n) is 1.05. The van der Waals surface area contributed by atoms with Crippen molar-refractivity contribution in [3.8, 4) is 0 Å². The minimum absolute atomic E-state index is 0.282. The predicted molar refractivity (Wildman–Crippen MR) is 52.6 cm³/mol. The first-order valence-corrected chi connectivity index (χ1v) is 4.90. The van der Waals surface area contributed by atoms with E-state index in [0.717, 1.165) is 45.3 Å². The Morgan fingerprint density at radius 1 is 1.15 bits per heavy atom. The topological polar surface area (TPSA) is 75.3 Å². The van der Waals surface area contributed by atoms with E-state index in [9.17, 15) is 4.79 Å². The Hall–Kier alpha value is -0.610. The lowest BCUT2D eigenvalue weighted by Crippen LogP contribution is -2.17. The van der Waals surface area contributed by atoms with Crippen LogP contribution < -0.4 is 11.1 Å². The molecule has 0 aromatic carbocycles. The van der Waals surface area contributed by atoms with Crippen molar-refractivity contribution in [1.82, 2.24) is 5.32 Å². The van der Waals surface area contributed by atoms with Gasteiger partial charge >= 0.3 is 5.97 Å². The van der Waals surface area contributed by atoms with Crippen LogP contribution in [0.5, 0.6) is 0 Å². The Balaban J connectivity index is 2.87. The van der Waals surface area contributed by atoms with Crippen LogP contribution in [-0.4, -0.2) is 30.7 Å². The van der Waals surface area contributed by atoms with Crippen molar-refractivity contribution in [2.24, 2.45) is 5.73 Å². The van der Waals surface area contributed by atoms with Crippen LogP contribution in [-0.2, 0) is 4.79 Å². The van der Waals surface area contributed by atoms with Gasteiger partial charge in [-0.3, -0.25) is 4.79 Å². The minimum Gasteiger partial charge on any atom is -0.481 e. The lowest BCUT2D eigenvalue weighted by molar-refractivity contribution is -0.137. The Morgan fingerprint density at radius 2 is 1.77 bits per heavy atom. The van der Waals surface area contributed by atoms with E-state index in [4.69, 9.17) is 10.8 Å². The number of carboxylic acid groups (broad SMARTS) is 1. The van der Waals surface area contributed by atoms with Crippen LogP contribution in [0, 0.1) is 0 Å². The van der Waals surface area contributed by atoms with Crippen molar-refractivity contribution in [2.45, 2.75) is 32.1 Å². The number of unbranched alkanes of at least 4 members (excludes halogenated alkanes) is 2. The maximum absolute atomic E-state index is 10.1. The molecule has 0 saturated carbocycles. The maximum atomic E-state index is 10.1. The molecule has 4 heteroatoms. The largest absolute Gasteiger partial charge is 0.481 e. The van der Waals surface area contributed by atoms with Crippen molar-refractivity contribution in [2.75, 3.05) is 19.6 Å². The first-order chi connectivity index (χ1) is 6.27. The Morgan fingerprint density at radius 3 is 2.31 bits per heavy atom. The van der Waals surface area contributed by atoms with Gasteiger partial charge in [0.2, 0.25) is 0 Å². The summed E-state index contributed by atoms with van der Waals surface area (Å²) in [5, 5.41) is 11.6. The molecule has 0 aliphatic carbocycles. The van der Waals surface area contributed by atoms with Crippen LogP contribution >= 0.6 is 0 Å². The van der Waals surface area contributed by atoms with E-state index in [2.05, 4.69) is 5.32 Å². The molecule has 0 aliphatic heterocycles. The van der Waals surface area contributed by atoms with E-state index in [1.165, 1.54) is 0 Å². The minimum atomic E-state index is -0.705. The first-order valence-electron chi connectivity index (χ1n) is 4.90. The smallest absolute Gasteiger partial charge is 0.303 e. The summed E-state index contributed by atoms with van der Waals surface area (Å²) in [7, 11) is 0. The third-order valence-electron chi connectivity index (χ3n) is 1.80. The molecule has 0 fully saturated rings. The highest BCUT2D eigenvalue weighted by atomic mass is 16.4. The third-order valence-corrected chi connectivity index (χ3v) is 1.80. The molecule has 0 heterocycles. The van der Waals surface area contributed by atoms with Gasteiger partial charge in [0.15, 0.2) is 0 Å². The van der Waals surface area contributed by atoms with Crippen molar-refractivity contribution in [3.63, 3.8) is 0 Å². The number of nitrogens with two attached hydrogens (primary N) is 1. The zero-order chi connectivity index (χ0) is 9.94. The molecule has 0 spiro atoms. The Bertz CT molecular complexity index is 129. The van der Waals surface area contributed by atoms with Crippen molar-refractivity contribution in [3.05, 3.63) is 0 Å². The summed E-state index contributed by atoms with van der Waals surface area (Å²) in [6.45, 7) is 2.66. The third kappa shape index (κ3) is 11.4. The highest BCUT2D eigenvalue weighted by Crippen LogP contribution is 1.93. The molecule has 0 aliphatic rings. The molecule has 0 amide bonds. The molecule has 0 rings (SSSR count). The molecule has 0 atom stereocenters. The summed E-state index contributed by atoms with van der Waals surface area (Å²) in [5.74, 6) is -0.705. The van der Waals surface area contributed by atoms with Crippen LogP contribution in [0.15, 0.2) is 0 Å². The monoisotopic (exact) mass is 188 g/mol. The van der Waals surface area contributed by atoms with E-state index in [-0.39, 0.29) is 6.42 Å². The standard InChI is InChI=1S/C9H20N2O2/c10-6-2-4-8-11-7-3-1-5-9(12)13/h11H,1-8,10H2,(H,12,13). The molecular weight excluding hydrogens is 168 g/mol. The van der Waals surface area contributed by atoms with E-state index in [1.807, 2.05) is 0 Å². The van der Waals surface area contributed by atoms with Gasteiger partial charge in [-0.2, -0.15) is 0 Å². The lowest BCUT2D eigenvalue weighted by Gasteiger charge is -2.02. The van der Waals surface area contributed by atoms with Gasteiger partial charge in [0.05, 0.1) is 0 Å². The van der Waals surface area contributed by atoms with Crippen LogP contribution in [0.4, 0.5) is 0 Å². The Labute approximate surface area is 79.5 Å². The molecule has 4 N–H and O–H groups in total. The summed E-state index contributed by atoms with van der Waals surface area (Å²) in [4.78, 5) is 10.1. The highest BCUT2D eigenvalue weighted by Gasteiger charge is 1.95. The lowest BCUT2D eigenvalue weighted by atomic mass is 10.2. The summed E-state index contributed by atoms with van der Waals surface area (Å²) >= 11 is 0. The SMILES string of the molecule is NCCCCNCCCCC(=O)O. The maximum Gasteiger partial charge on any atom is 0.303 e. The fraction of sp³-hybridized carbons (Fsp3) is 0.889. The summed E-state index contributed by atoms with van der Waals surface area (Å²) in [6, 6.07) is 0. The zero-order valence-corrected chi connectivity index (χ0v) is 8.09. The van der Waals surface area contributed by atoms with Crippen molar-refractivity contribution >= 4 is 5.97 Å². The summed E-state index contributed by atoms with van der Waals surface area (Å²) < 4.78 is 0. The van der Waals surface area contributed by atoms with E-state index in [0.29, 0.717) is 0 Å². The number of carbonyl (C=O) groups is 1. The number of hydrogen-bond acceptors (Lipinski definition) is 3. The van der Waals surface area contributed by atoms with Crippen LogP contribution in [0.2, 0.25) is 0 Å². The highest BCUT2D eigenvalue weighted by molar-refractivity contribution is 5.66. The van der Waals surface area contributed by atoms with Gasteiger partial charge in [-0.1, -0.05) is 0 Å². The Kier molecular flexibility index (Phi) is 9.03. The molecular formula is C9H20N2O2. The van der Waals surface area contributed by atoms with Crippen LogP contribution in [0.3, 0.4) is 0 Å². The number of carboxylic acids is 1. The summed E-state index contributed by atoms with van der Waals surface area (Å²) in [6.07, 6.45) is 4.15. The van der Waals surface area contributed by atoms with Crippen LogP contribution in [0.25, 0.3) is 0 Å². The average Bonchev–Trinajstić information content (AvgIpc) is 2.09. The number of aliphatic carboxylic acids is 1. The van der Waals surface area contributed by atoms with Gasteiger partial charge < -0.3 is 16.2 Å². The van der Waals surface area contributed by atoms with E-state index >= 15 is 0 Å². The first kappa shape index (κ1) is 12.4. The second kappa shape index (κ2) is 9.48.